The van der Waals surface area contributed by atoms with Gasteiger partial charge >= 0.3 is 5.97 Å². The smallest absolute Gasteiger partial charge is 0.323 e. The van der Waals surface area contributed by atoms with E-state index in [0.717, 1.165) is 28.8 Å². The Labute approximate surface area is 189 Å². The van der Waals surface area contributed by atoms with Crippen LogP contribution in [-0.2, 0) is 22.5 Å². The second kappa shape index (κ2) is 12.2. The highest BCUT2D eigenvalue weighted by atomic mass is 16.5. The van der Waals surface area contributed by atoms with Crippen LogP contribution in [0.25, 0.3) is 11.1 Å². The topological polar surface area (TPSA) is 85.6 Å². The molecule has 1 heterocycles. The van der Waals surface area contributed by atoms with Crippen molar-refractivity contribution in [3.05, 3.63) is 60.0 Å². The van der Waals surface area contributed by atoms with Crippen LogP contribution in [0.3, 0.4) is 0 Å². The molecule has 0 radical (unpaired) electrons. The lowest BCUT2D eigenvalue weighted by molar-refractivity contribution is -0.145. The summed E-state index contributed by atoms with van der Waals surface area (Å²) in [5.74, 6) is 1.25. The fraction of sp³-hybridized carbons (Fsp3) is 0.440. The van der Waals surface area contributed by atoms with Gasteiger partial charge in [-0.15, -0.1) is 0 Å². The number of rotatable bonds is 13. The molecule has 7 heteroatoms. The second-order valence-corrected chi connectivity index (χ2v) is 7.73. The molecule has 2 unspecified atom stereocenters. The van der Waals surface area contributed by atoms with Gasteiger partial charge < -0.3 is 24.5 Å². The van der Waals surface area contributed by atoms with Gasteiger partial charge in [-0.3, -0.25) is 4.79 Å². The molecule has 3 rings (SSSR count). The molecule has 0 fully saturated rings. The number of para-hydroxylation sites is 2. The Morgan fingerprint density at radius 2 is 1.91 bits per heavy atom. The van der Waals surface area contributed by atoms with Gasteiger partial charge in [-0.25, -0.2) is 4.98 Å². The minimum atomic E-state index is -0.354. The maximum absolute atomic E-state index is 12.3. The highest BCUT2D eigenvalue weighted by Gasteiger charge is 2.21. The average Bonchev–Trinajstić information content (AvgIpc) is 3.22. The molecule has 2 atom stereocenters. The molecule has 0 saturated carbocycles. The fourth-order valence-corrected chi connectivity index (χ4v) is 3.30. The first-order chi connectivity index (χ1) is 15.6. The maximum atomic E-state index is 12.3. The molecule has 172 valence electrons. The van der Waals surface area contributed by atoms with Crippen LogP contribution in [0.1, 0.15) is 38.6 Å². The molecule has 1 aromatic heterocycles. The van der Waals surface area contributed by atoms with Gasteiger partial charge in [-0.05, 0) is 56.5 Å². The molecule has 2 aromatic carbocycles. The average molecular weight is 440 g/mol. The predicted molar refractivity (Wildman–Crippen MR) is 125 cm³/mol. The number of nitrogens with one attached hydrogen (secondary N) is 2. The van der Waals surface area contributed by atoms with Gasteiger partial charge in [0.15, 0.2) is 5.58 Å². The molecule has 0 spiro atoms. The number of hydrogen-bond acceptors (Lipinski definition) is 7. The Balaban J connectivity index is 1.42. The van der Waals surface area contributed by atoms with E-state index < -0.39 is 0 Å². The van der Waals surface area contributed by atoms with Crippen LogP contribution in [0.15, 0.2) is 52.9 Å². The van der Waals surface area contributed by atoms with Crippen molar-refractivity contribution in [2.45, 2.75) is 52.2 Å². The molecular formula is C25H33N3O4. The number of fused-ring (bicyclic) bond motifs is 1. The fourth-order valence-electron chi connectivity index (χ4n) is 3.30. The molecule has 0 saturated heterocycles. The van der Waals surface area contributed by atoms with E-state index in [-0.39, 0.29) is 18.1 Å². The van der Waals surface area contributed by atoms with Crippen molar-refractivity contribution in [1.82, 2.24) is 15.6 Å². The number of esters is 1. The Bertz CT molecular complexity index is 938. The molecule has 0 amide bonds. The monoisotopic (exact) mass is 439 g/mol. The number of carbonyl (C=O) groups is 1. The number of hydrogen-bond donors (Lipinski definition) is 2. The normalized spacial score (nSPS) is 13.1. The second-order valence-electron chi connectivity index (χ2n) is 7.73. The van der Waals surface area contributed by atoms with Crippen LogP contribution in [0.2, 0.25) is 0 Å². The summed E-state index contributed by atoms with van der Waals surface area (Å²) in [5, 5.41) is 6.64. The number of benzene rings is 2. The first-order valence-electron chi connectivity index (χ1n) is 11.3. The number of oxazole rings is 1. The lowest BCUT2D eigenvalue weighted by atomic mass is 10.0. The van der Waals surface area contributed by atoms with Gasteiger partial charge in [0.2, 0.25) is 5.89 Å². The summed E-state index contributed by atoms with van der Waals surface area (Å²) in [5.41, 5.74) is 2.72. The third-order valence-corrected chi connectivity index (χ3v) is 5.19. The zero-order chi connectivity index (χ0) is 22.8. The summed E-state index contributed by atoms with van der Waals surface area (Å²) >= 11 is 0. The van der Waals surface area contributed by atoms with Crippen molar-refractivity contribution in [3.8, 4) is 5.75 Å². The van der Waals surface area contributed by atoms with Crippen molar-refractivity contribution in [1.29, 1.82) is 0 Å². The summed E-state index contributed by atoms with van der Waals surface area (Å²) in [7, 11) is 0. The van der Waals surface area contributed by atoms with Gasteiger partial charge in [0.25, 0.3) is 0 Å². The summed E-state index contributed by atoms with van der Waals surface area (Å²) in [6, 6.07) is 15.5. The molecule has 0 aliphatic rings. The Hall–Kier alpha value is -2.90. The van der Waals surface area contributed by atoms with E-state index in [1.165, 1.54) is 0 Å². The molecule has 0 bridgehead atoms. The zero-order valence-electron chi connectivity index (χ0n) is 19.1. The third-order valence-electron chi connectivity index (χ3n) is 5.19. The lowest BCUT2D eigenvalue weighted by Crippen LogP contribution is -2.44. The molecule has 7 nitrogen and oxygen atoms in total. The van der Waals surface area contributed by atoms with Crippen molar-refractivity contribution < 1.29 is 18.7 Å². The van der Waals surface area contributed by atoms with Crippen molar-refractivity contribution in [2.24, 2.45) is 0 Å². The van der Waals surface area contributed by atoms with E-state index in [0.29, 0.717) is 38.6 Å². The van der Waals surface area contributed by atoms with E-state index in [1.54, 1.807) is 0 Å². The number of nitrogens with zero attached hydrogens (tertiary/aromatic N) is 1. The third kappa shape index (κ3) is 7.07. The lowest BCUT2D eigenvalue weighted by Gasteiger charge is -2.21. The number of aromatic nitrogens is 1. The highest BCUT2D eigenvalue weighted by Crippen LogP contribution is 2.15. The maximum Gasteiger partial charge on any atom is 0.323 e. The molecule has 2 N–H and O–H groups in total. The first-order valence-corrected chi connectivity index (χ1v) is 11.3. The molecule has 32 heavy (non-hydrogen) atoms. The summed E-state index contributed by atoms with van der Waals surface area (Å²) < 4.78 is 16.7. The van der Waals surface area contributed by atoms with E-state index >= 15 is 0 Å². The van der Waals surface area contributed by atoms with E-state index in [4.69, 9.17) is 13.9 Å². The quantitative estimate of drug-likeness (QED) is 0.309. The molecular weight excluding hydrogens is 406 g/mol. The van der Waals surface area contributed by atoms with Crippen LogP contribution >= 0.6 is 0 Å². The summed E-state index contributed by atoms with van der Waals surface area (Å²) in [6.07, 6.45) is 1.53. The van der Waals surface area contributed by atoms with Gasteiger partial charge in [0.1, 0.15) is 23.9 Å². The van der Waals surface area contributed by atoms with Gasteiger partial charge in [-0.2, -0.15) is 0 Å². The van der Waals surface area contributed by atoms with Crippen LogP contribution in [0, 0.1) is 0 Å². The van der Waals surface area contributed by atoms with Crippen LogP contribution < -0.4 is 15.4 Å². The van der Waals surface area contributed by atoms with Gasteiger partial charge in [0.05, 0.1) is 13.2 Å². The Morgan fingerprint density at radius 1 is 1.12 bits per heavy atom. The zero-order valence-corrected chi connectivity index (χ0v) is 19.1. The van der Waals surface area contributed by atoms with E-state index in [2.05, 4.69) is 29.5 Å². The van der Waals surface area contributed by atoms with Crippen LogP contribution in [-0.4, -0.2) is 42.8 Å². The number of ether oxygens (including phenoxy) is 2. The standard InChI is InChI=1S/C25H33N3O4/c1-4-18(3)27-22(25(29)30-5-2)16-19-10-12-20(13-11-19)31-15-14-26-17-24-28-21-8-6-7-9-23(21)32-24/h6-13,18,22,26-27H,4-5,14-17H2,1-3H3. The van der Waals surface area contributed by atoms with Gasteiger partial charge in [0, 0.05) is 12.6 Å². The largest absolute Gasteiger partial charge is 0.492 e. The van der Waals surface area contributed by atoms with Crippen molar-refractivity contribution in [2.75, 3.05) is 19.8 Å². The van der Waals surface area contributed by atoms with Crippen LogP contribution in [0.4, 0.5) is 0 Å². The summed E-state index contributed by atoms with van der Waals surface area (Å²) in [4.78, 5) is 16.7. The minimum absolute atomic E-state index is 0.210. The molecule has 0 aliphatic heterocycles. The van der Waals surface area contributed by atoms with E-state index in [1.807, 2.05) is 55.5 Å². The van der Waals surface area contributed by atoms with Crippen molar-refractivity contribution >= 4 is 17.1 Å². The van der Waals surface area contributed by atoms with Gasteiger partial charge in [-0.1, -0.05) is 31.2 Å². The number of carbonyl (C=O) groups excluding carboxylic acids is 1. The van der Waals surface area contributed by atoms with Crippen LogP contribution in [0.5, 0.6) is 5.75 Å². The molecule has 0 aliphatic carbocycles. The Morgan fingerprint density at radius 3 is 2.62 bits per heavy atom. The van der Waals surface area contributed by atoms with E-state index in [9.17, 15) is 4.79 Å². The predicted octanol–water partition coefficient (Wildman–Crippen LogP) is 3.86. The van der Waals surface area contributed by atoms with Crippen molar-refractivity contribution in [3.63, 3.8) is 0 Å². The first kappa shape index (κ1) is 23.8. The molecule has 3 aromatic rings. The summed E-state index contributed by atoms with van der Waals surface area (Å²) in [6.45, 7) is 8.12. The SMILES string of the molecule is CCOC(=O)C(Cc1ccc(OCCNCc2nc3ccccc3o2)cc1)NC(C)CC. The Kier molecular flexibility index (Phi) is 9.07. The minimum Gasteiger partial charge on any atom is -0.492 e. The highest BCUT2D eigenvalue weighted by molar-refractivity contribution is 5.76.